The lowest BCUT2D eigenvalue weighted by molar-refractivity contribution is 0.140. The van der Waals surface area contributed by atoms with Crippen LogP contribution in [0.5, 0.6) is 5.75 Å². The van der Waals surface area contributed by atoms with Gasteiger partial charge in [0, 0.05) is 16.8 Å². The Morgan fingerprint density at radius 3 is 2.85 bits per heavy atom. The van der Waals surface area contributed by atoms with E-state index in [0.717, 1.165) is 22.6 Å². The maximum absolute atomic E-state index is 6.22. The molecule has 0 aliphatic carbocycles. The van der Waals surface area contributed by atoms with E-state index in [9.17, 15) is 0 Å². The molecule has 1 unspecified atom stereocenters. The van der Waals surface area contributed by atoms with Gasteiger partial charge in [0.25, 0.3) is 0 Å². The molecule has 3 rings (SSSR count). The number of methoxy groups -OCH3 is 1. The van der Waals surface area contributed by atoms with Crippen molar-refractivity contribution in [3.8, 4) is 5.75 Å². The van der Waals surface area contributed by atoms with Crippen LogP contribution < -0.4 is 15.8 Å². The molecule has 1 aliphatic rings. The predicted octanol–water partition coefficient (Wildman–Crippen LogP) is 4.71. The van der Waals surface area contributed by atoms with Gasteiger partial charge in [0.05, 0.1) is 7.11 Å². The van der Waals surface area contributed by atoms with Gasteiger partial charge in [-0.05, 0) is 24.5 Å². The van der Waals surface area contributed by atoms with Gasteiger partial charge in [-0.25, -0.2) is 0 Å². The molecule has 0 bridgehead atoms. The van der Waals surface area contributed by atoms with E-state index >= 15 is 0 Å². The molecular formula is C19H20N4O2S. The van der Waals surface area contributed by atoms with Gasteiger partial charge in [0.1, 0.15) is 10.8 Å². The van der Waals surface area contributed by atoms with Crippen molar-refractivity contribution < 1.29 is 9.47 Å². The van der Waals surface area contributed by atoms with Crippen molar-refractivity contribution in [2.24, 2.45) is 16.0 Å². The average molecular weight is 368 g/mol. The van der Waals surface area contributed by atoms with Crippen LogP contribution in [0.2, 0.25) is 0 Å². The number of anilines is 1. The van der Waals surface area contributed by atoms with Crippen LogP contribution in [0.15, 0.2) is 76.3 Å². The van der Waals surface area contributed by atoms with Crippen molar-refractivity contribution in [3.05, 3.63) is 77.1 Å². The number of hydrogen-bond acceptors (Lipinski definition) is 7. The zero-order valence-electron chi connectivity index (χ0n) is 14.6. The minimum Gasteiger partial charge on any atom is -0.497 e. The summed E-state index contributed by atoms with van der Waals surface area (Å²) >= 11 is 1.41. The summed E-state index contributed by atoms with van der Waals surface area (Å²) in [5, 5.41) is 12.3. The van der Waals surface area contributed by atoms with Gasteiger partial charge < -0.3 is 20.5 Å². The average Bonchev–Trinajstić information content (AvgIpc) is 2.82. The first kappa shape index (κ1) is 17.9. The van der Waals surface area contributed by atoms with Gasteiger partial charge in [-0.2, -0.15) is 0 Å². The van der Waals surface area contributed by atoms with Gasteiger partial charge in [-0.1, -0.05) is 36.9 Å². The number of azo groups is 1. The number of ether oxygens (including phenoxy) is 2. The quantitative estimate of drug-likeness (QED) is 0.747. The summed E-state index contributed by atoms with van der Waals surface area (Å²) in [6.45, 7) is 3.81. The first-order valence-electron chi connectivity index (χ1n) is 7.93. The van der Waals surface area contributed by atoms with E-state index in [1.807, 2.05) is 54.8 Å². The van der Waals surface area contributed by atoms with Crippen LogP contribution in [0.25, 0.3) is 5.70 Å². The molecule has 2 aromatic carbocycles. The van der Waals surface area contributed by atoms with Crippen molar-refractivity contribution in [2.75, 3.05) is 18.7 Å². The lowest BCUT2D eigenvalue weighted by atomic mass is 10.1. The van der Waals surface area contributed by atoms with Crippen molar-refractivity contribution in [1.82, 2.24) is 0 Å². The van der Waals surface area contributed by atoms with Gasteiger partial charge >= 0.3 is 0 Å². The van der Waals surface area contributed by atoms with Crippen molar-refractivity contribution >= 4 is 23.1 Å². The third-order valence-corrected chi connectivity index (χ3v) is 4.39. The topological polar surface area (TPSA) is 81.2 Å². The van der Waals surface area contributed by atoms with E-state index in [0.29, 0.717) is 10.7 Å². The first-order valence-corrected chi connectivity index (χ1v) is 9.15. The van der Waals surface area contributed by atoms with Crippen LogP contribution in [0, 0.1) is 0 Å². The number of fused-ring (bicyclic) bond motifs is 1. The number of thioether (sulfide) groups is 1. The molecule has 1 aliphatic heterocycles. The van der Waals surface area contributed by atoms with Crippen LogP contribution in [0.4, 0.5) is 5.69 Å². The van der Waals surface area contributed by atoms with Crippen LogP contribution in [0.3, 0.4) is 0 Å². The molecule has 0 amide bonds. The Hall–Kier alpha value is -2.93. The Balaban J connectivity index is 2.04. The highest BCUT2D eigenvalue weighted by Crippen LogP contribution is 2.36. The summed E-state index contributed by atoms with van der Waals surface area (Å²) in [4.78, 5) is 0. The van der Waals surface area contributed by atoms with Gasteiger partial charge in [0.2, 0.25) is 5.88 Å². The molecule has 1 atom stereocenters. The normalized spacial score (nSPS) is 16.5. The van der Waals surface area contributed by atoms with E-state index < -0.39 is 6.23 Å². The molecule has 26 heavy (non-hydrogen) atoms. The minimum atomic E-state index is -0.484. The zero-order valence-corrected chi connectivity index (χ0v) is 15.4. The fraction of sp³-hybridized carbons (Fsp3) is 0.158. The number of nitrogens with two attached hydrogens (primary N) is 1. The first-order chi connectivity index (χ1) is 12.6. The summed E-state index contributed by atoms with van der Waals surface area (Å²) in [7, 11) is 1.63. The number of nitrogens with one attached hydrogen (secondary N) is 1. The fourth-order valence-electron chi connectivity index (χ4n) is 2.51. The summed E-state index contributed by atoms with van der Waals surface area (Å²) in [5.74, 6) is 0.928. The fourth-order valence-corrected chi connectivity index (χ4v) is 2.63. The predicted molar refractivity (Wildman–Crippen MR) is 106 cm³/mol. The molecule has 0 saturated heterocycles. The maximum Gasteiger partial charge on any atom is 0.215 e. The number of nitrogens with zero attached hydrogens (tertiary/aromatic N) is 2. The minimum absolute atomic E-state index is 0.188. The van der Waals surface area contributed by atoms with Gasteiger partial charge in [-0.15, -0.1) is 22.0 Å². The molecular weight excluding hydrogens is 348 g/mol. The number of hydrogen-bond donors (Lipinski definition) is 2. The Labute approximate surface area is 156 Å². The van der Waals surface area contributed by atoms with Gasteiger partial charge in [-0.3, -0.25) is 0 Å². The van der Waals surface area contributed by atoms with E-state index in [4.69, 9.17) is 15.2 Å². The molecule has 0 aromatic heterocycles. The molecule has 2 aromatic rings. The molecule has 0 radical (unpaired) electrons. The Morgan fingerprint density at radius 2 is 2.08 bits per heavy atom. The second-order valence-corrected chi connectivity index (χ2v) is 6.35. The molecule has 134 valence electrons. The summed E-state index contributed by atoms with van der Waals surface area (Å²) < 4.78 is 11.3. The van der Waals surface area contributed by atoms with E-state index in [2.05, 4.69) is 22.1 Å². The van der Waals surface area contributed by atoms with Crippen LogP contribution in [0.1, 0.15) is 17.4 Å². The highest BCUT2D eigenvalue weighted by molar-refractivity contribution is 8.02. The van der Waals surface area contributed by atoms with Crippen molar-refractivity contribution in [1.29, 1.82) is 0 Å². The Morgan fingerprint density at radius 1 is 1.27 bits per heavy atom. The zero-order chi connectivity index (χ0) is 18.5. The second-order valence-electron chi connectivity index (χ2n) is 5.48. The molecule has 0 saturated carbocycles. The lowest BCUT2D eigenvalue weighted by Gasteiger charge is -2.20. The SMILES string of the molecule is C=C(/N=N\C1=C(N)OC(c2cccc(OC)c2)Nc2ccccc21)SC. The number of benzene rings is 2. The Kier molecular flexibility index (Phi) is 5.48. The van der Waals surface area contributed by atoms with Crippen molar-refractivity contribution in [3.63, 3.8) is 0 Å². The molecule has 0 spiro atoms. The molecule has 3 N–H and O–H groups in total. The standard InChI is InChI=1S/C19H20N4O2S/c1-12(26-3)22-23-17-15-9-4-5-10-16(15)21-19(25-18(17)20)13-7-6-8-14(11-13)24-2/h4-11,19,21H,1,20H2,2-3H3/b23-22-. The van der Waals surface area contributed by atoms with Crippen LogP contribution in [-0.2, 0) is 4.74 Å². The largest absolute Gasteiger partial charge is 0.497 e. The van der Waals surface area contributed by atoms with E-state index in [-0.39, 0.29) is 5.88 Å². The number of rotatable bonds is 5. The van der Waals surface area contributed by atoms with Gasteiger partial charge in [0.15, 0.2) is 11.9 Å². The van der Waals surface area contributed by atoms with Crippen LogP contribution >= 0.6 is 11.8 Å². The lowest BCUT2D eigenvalue weighted by Crippen LogP contribution is -2.16. The molecule has 6 nitrogen and oxygen atoms in total. The van der Waals surface area contributed by atoms with Crippen molar-refractivity contribution in [2.45, 2.75) is 6.23 Å². The molecule has 7 heteroatoms. The highest BCUT2D eigenvalue weighted by atomic mass is 32.2. The third-order valence-electron chi connectivity index (χ3n) is 3.84. The maximum atomic E-state index is 6.22. The van der Waals surface area contributed by atoms with E-state index in [1.54, 1.807) is 7.11 Å². The summed E-state index contributed by atoms with van der Waals surface area (Å²) in [5.41, 5.74) is 9.23. The third kappa shape index (κ3) is 3.83. The smallest absolute Gasteiger partial charge is 0.215 e. The molecule has 1 heterocycles. The second kappa shape index (κ2) is 7.97. The molecule has 0 fully saturated rings. The number of para-hydroxylation sites is 1. The summed E-state index contributed by atoms with van der Waals surface area (Å²) in [6.07, 6.45) is 1.40. The summed E-state index contributed by atoms with van der Waals surface area (Å²) in [6, 6.07) is 15.3. The van der Waals surface area contributed by atoms with E-state index in [1.165, 1.54) is 11.8 Å². The van der Waals surface area contributed by atoms with Crippen LogP contribution in [-0.4, -0.2) is 13.4 Å². The monoisotopic (exact) mass is 368 g/mol. The highest BCUT2D eigenvalue weighted by Gasteiger charge is 2.24. The Bertz CT molecular complexity index is 879.